The van der Waals surface area contributed by atoms with Crippen LogP contribution in [0.3, 0.4) is 0 Å². The Morgan fingerprint density at radius 2 is 1.92 bits per heavy atom. The van der Waals surface area contributed by atoms with Crippen LogP contribution < -0.4 is 0 Å². The molecule has 0 unspecified atom stereocenters. The topological polar surface area (TPSA) is 37.3 Å². The molecule has 0 bridgehead atoms. The zero-order valence-electron chi connectivity index (χ0n) is 6.95. The molecule has 3 heteroatoms. The first kappa shape index (κ1) is 14.3. The zero-order valence-corrected chi connectivity index (χ0v) is 9.79. The van der Waals surface area contributed by atoms with E-state index in [2.05, 4.69) is 6.07 Å². The quantitative estimate of drug-likeness (QED) is 0.795. The maximum absolute atomic E-state index is 10.2. The van der Waals surface area contributed by atoms with E-state index in [1.165, 1.54) is 0 Å². The van der Waals surface area contributed by atoms with Crippen LogP contribution in [0, 0.1) is 13.5 Å². The van der Waals surface area contributed by atoms with Crippen LogP contribution in [0.4, 0.5) is 0 Å². The summed E-state index contributed by atoms with van der Waals surface area (Å²) in [6.45, 7) is 0. The molecule has 0 saturated carbocycles. The van der Waals surface area contributed by atoms with Gasteiger partial charge < -0.3 is 12.5 Å². The molecule has 1 N–H and O–H groups in total. The molecule has 0 fully saturated rings. The van der Waals surface area contributed by atoms with Gasteiger partial charge >= 0.3 is 5.97 Å². The van der Waals surface area contributed by atoms with Crippen molar-refractivity contribution in [3.63, 3.8) is 0 Å². The van der Waals surface area contributed by atoms with Crippen LogP contribution in [0.5, 0.6) is 0 Å². The third-order valence-electron chi connectivity index (χ3n) is 1.14. The number of carboxylic acid groups (broad SMARTS) is 1. The van der Waals surface area contributed by atoms with Gasteiger partial charge in [-0.1, -0.05) is 0 Å². The maximum Gasteiger partial charge on any atom is 0.305 e. The van der Waals surface area contributed by atoms with E-state index in [1.807, 2.05) is 0 Å². The van der Waals surface area contributed by atoms with Gasteiger partial charge in [-0.15, -0.1) is 5.56 Å². The molecular weight excluding hydrogens is 229 g/mol. The molecule has 1 radical (unpaired) electrons. The fourth-order valence-corrected chi connectivity index (χ4v) is 0.714. The predicted molar refractivity (Wildman–Crippen MR) is 43.0 cm³/mol. The Morgan fingerprint density at radius 3 is 2.33 bits per heavy atom. The number of benzene rings is 1. The van der Waals surface area contributed by atoms with Crippen molar-refractivity contribution in [2.24, 2.45) is 0 Å². The number of carbonyl (C=O) groups is 1. The van der Waals surface area contributed by atoms with Crippen molar-refractivity contribution in [3.8, 4) is 0 Å². The van der Waals surface area contributed by atoms with Crippen molar-refractivity contribution in [2.45, 2.75) is 6.42 Å². The summed E-state index contributed by atoms with van der Waals surface area (Å²) in [5.74, 6) is -0.800. The van der Waals surface area contributed by atoms with Gasteiger partial charge in [-0.05, 0) is 0 Å². The van der Waals surface area contributed by atoms with Gasteiger partial charge in [-0.25, -0.2) is 0 Å². The minimum Gasteiger partial charge on any atom is -0.481 e. The molecule has 0 atom stereocenters. The Labute approximate surface area is 97.9 Å². The van der Waals surface area contributed by atoms with Crippen LogP contribution in [0.25, 0.3) is 0 Å². The second-order valence-corrected chi connectivity index (χ2v) is 1.98. The molecule has 1 rings (SSSR count). The van der Waals surface area contributed by atoms with Gasteiger partial charge in [0.2, 0.25) is 0 Å². The number of rotatable bonds is 2. The Morgan fingerprint density at radius 1 is 1.42 bits per heavy atom. The van der Waals surface area contributed by atoms with Crippen LogP contribution in [0.1, 0.15) is 5.56 Å². The number of carboxylic acids is 1. The van der Waals surface area contributed by atoms with Gasteiger partial charge in [0, 0.05) is 39.1 Å². The minimum atomic E-state index is -0.800. The van der Waals surface area contributed by atoms with Crippen LogP contribution in [-0.4, -0.2) is 11.1 Å². The molecule has 0 heterocycles. The number of hydrogen-bond acceptors (Lipinski definition) is 1. The molecule has 0 spiro atoms. The zero-order chi connectivity index (χ0) is 7.40. The van der Waals surface area contributed by atoms with E-state index in [4.69, 9.17) is 5.11 Å². The molecule has 63 valence electrons. The molecular formula is C9H10O2Y-2. The van der Waals surface area contributed by atoms with E-state index in [0.29, 0.717) is 0 Å². The van der Waals surface area contributed by atoms with E-state index in [0.717, 1.165) is 5.56 Å². The second kappa shape index (κ2) is 7.44. The van der Waals surface area contributed by atoms with Crippen LogP contribution in [0.2, 0.25) is 0 Å². The first-order valence-corrected chi connectivity index (χ1v) is 2.96. The third kappa shape index (κ3) is 5.45. The Balaban J connectivity index is 0. The van der Waals surface area contributed by atoms with Gasteiger partial charge in [-0.2, -0.15) is 30.3 Å². The van der Waals surface area contributed by atoms with Crippen LogP contribution >= 0.6 is 0 Å². The fourth-order valence-electron chi connectivity index (χ4n) is 0.714. The SMILES string of the molecule is O=C(O)Cc1cc[c-]cc1.[CH3-].[Y]. The van der Waals surface area contributed by atoms with Crippen molar-refractivity contribution in [2.75, 3.05) is 0 Å². The minimum absolute atomic E-state index is 0. The van der Waals surface area contributed by atoms with Crippen molar-refractivity contribution in [1.29, 1.82) is 0 Å². The van der Waals surface area contributed by atoms with Gasteiger partial charge in [0.15, 0.2) is 0 Å². The smallest absolute Gasteiger partial charge is 0.305 e. The van der Waals surface area contributed by atoms with Crippen LogP contribution in [-0.2, 0) is 43.9 Å². The summed E-state index contributed by atoms with van der Waals surface area (Å²) in [6, 6.07) is 9.71. The maximum atomic E-state index is 10.2. The molecule has 0 saturated heterocycles. The summed E-state index contributed by atoms with van der Waals surface area (Å²) in [6.07, 6.45) is 0.0919. The Hall–Kier alpha value is -0.206. The van der Waals surface area contributed by atoms with E-state index in [9.17, 15) is 4.79 Å². The summed E-state index contributed by atoms with van der Waals surface area (Å²) >= 11 is 0. The van der Waals surface area contributed by atoms with E-state index < -0.39 is 5.97 Å². The van der Waals surface area contributed by atoms with Crippen molar-refractivity contribution in [1.82, 2.24) is 0 Å². The summed E-state index contributed by atoms with van der Waals surface area (Å²) < 4.78 is 0. The Bertz CT molecular complexity index is 221. The molecule has 0 aliphatic carbocycles. The van der Waals surface area contributed by atoms with E-state index >= 15 is 0 Å². The molecule has 0 aromatic heterocycles. The summed E-state index contributed by atoms with van der Waals surface area (Å²) in [5.41, 5.74) is 0.811. The normalized spacial score (nSPS) is 7.67. The number of hydrogen-bond donors (Lipinski definition) is 1. The molecule has 2 nitrogen and oxygen atoms in total. The van der Waals surface area contributed by atoms with Crippen molar-refractivity contribution in [3.05, 3.63) is 43.3 Å². The fraction of sp³-hybridized carbons (Fsp3) is 0.111. The molecule has 0 aliphatic rings. The first-order chi connectivity index (χ1) is 4.79. The number of aliphatic carboxylic acids is 1. The average Bonchev–Trinajstić information content (AvgIpc) is 1.88. The van der Waals surface area contributed by atoms with Gasteiger partial charge in [0.05, 0.1) is 0 Å². The summed E-state index contributed by atoms with van der Waals surface area (Å²) in [5, 5.41) is 8.36. The molecule has 1 aromatic carbocycles. The summed E-state index contributed by atoms with van der Waals surface area (Å²) in [7, 11) is 0. The third-order valence-corrected chi connectivity index (χ3v) is 1.14. The Kier molecular flexibility index (Phi) is 8.89. The largest absolute Gasteiger partial charge is 0.481 e. The standard InChI is InChI=1S/C8H7O2.CH3.Y/c9-8(10)6-7-4-2-1-3-5-7;;/h2-5H,6H2,(H,9,10);1H3;/q2*-1;. The predicted octanol–water partition coefficient (Wildman–Crippen LogP) is 1.56. The average molecular weight is 239 g/mol. The first-order valence-electron chi connectivity index (χ1n) is 2.96. The molecule has 0 aliphatic heterocycles. The molecule has 0 amide bonds. The van der Waals surface area contributed by atoms with Gasteiger partial charge in [0.25, 0.3) is 0 Å². The monoisotopic (exact) mass is 239 g/mol. The van der Waals surface area contributed by atoms with Crippen LogP contribution in [0.15, 0.2) is 24.3 Å². The van der Waals surface area contributed by atoms with Crippen molar-refractivity contribution >= 4 is 5.97 Å². The summed E-state index contributed by atoms with van der Waals surface area (Å²) in [4.78, 5) is 10.2. The van der Waals surface area contributed by atoms with E-state index in [1.54, 1.807) is 24.3 Å². The van der Waals surface area contributed by atoms with Gasteiger partial charge in [0.1, 0.15) is 0 Å². The molecule has 1 aromatic rings. The molecule has 12 heavy (non-hydrogen) atoms. The second-order valence-electron chi connectivity index (χ2n) is 1.98. The van der Waals surface area contributed by atoms with Crippen molar-refractivity contribution < 1.29 is 42.6 Å². The van der Waals surface area contributed by atoms with E-state index in [-0.39, 0.29) is 46.6 Å². The van der Waals surface area contributed by atoms with Gasteiger partial charge in [-0.3, -0.25) is 4.79 Å².